The van der Waals surface area contributed by atoms with Crippen molar-refractivity contribution in [3.63, 3.8) is 0 Å². The first-order chi connectivity index (χ1) is 12.2. The van der Waals surface area contributed by atoms with Crippen molar-refractivity contribution in [2.45, 2.75) is 13.0 Å². The van der Waals surface area contributed by atoms with Crippen LogP contribution < -0.4 is 0 Å². The van der Waals surface area contributed by atoms with E-state index in [2.05, 4.69) is 31.2 Å². The van der Waals surface area contributed by atoms with Gasteiger partial charge in [0.05, 0.1) is 13.2 Å². The van der Waals surface area contributed by atoms with Gasteiger partial charge in [0.2, 0.25) is 0 Å². The van der Waals surface area contributed by atoms with E-state index in [1.807, 2.05) is 47.4 Å². The Morgan fingerprint density at radius 1 is 1.00 bits per heavy atom. The van der Waals surface area contributed by atoms with Gasteiger partial charge in [0.1, 0.15) is 6.10 Å². The smallest absolute Gasteiger partial charge is 0.254 e. The highest BCUT2D eigenvalue weighted by molar-refractivity contribution is 6.07. The minimum atomic E-state index is -0.0618. The number of nitrogens with zero attached hydrogens (tertiary/aromatic N) is 1. The van der Waals surface area contributed by atoms with Crippen LogP contribution in [0.2, 0.25) is 0 Å². The molecule has 1 aliphatic rings. The lowest BCUT2D eigenvalue weighted by Crippen LogP contribution is -2.42. The van der Waals surface area contributed by atoms with Gasteiger partial charge in [-0.2, -0.15) is 0 Å². The third-order valence-corrected chi connectivity index (χ3v) is 4.82. The molecule has 1 unspecified atom stereocenters. The lowest BCUT2D eigenvalue weighted by molar-refractivity contribution is -0.0227. The van der Waals surface area contributed by atoms with Crippen molar-refractivity contribution in [2.24, 2.45) is 0 Å². The van der Waals surface area contributed by atoms with Gasteiger partial charge in [-0.25, -0.2) is 0 Å². The second kappa shape index (κ2) is 6.69. The molecule has 0 radical (unpaired) electrons. The number of carbonyl (C=O) groups excluding carboxylic acids is 1. The van der Waals surface area contributed by atoms with E-state index in [1.165, 1.54) is 5.56 Å². The maximum Gasteiger partial charge on any atom is 0.254 e. The summed E-state index contributed by atoms with van der Waals surface area (Å²) >= 11 is 0. The Morgan fingerprint density at radius 3 is 2.60 bits per heavy atom. The Morgan fingerprint density at radius 2 is 1.76 bits per heavy atom. The van der Waals surface area contributed by atoms with E-state index in [0.29, 0.717) is 19.7 Å². The number of hydrogen-bond acceptors (Lipinski definition) is 2. The number of hydrogen-bond donors (Lipinski definition) is 0. The number of morpholine rings is 1. The Hall–Kier alpha value is -2.65. The molecule has 3 nitrogen and oxygen atoms in total. The molecule has 1 saturated heterocycles. The minimum absolute atomic E-state index is 0.0618. The van der Waals surface area contributed by atoms with Gasteiger partial charge in [-0.05, 0) is 29.3 Å². The maximum absolute atomic E-state index is 13.1. The van der Waals surface area contributed by atoms with Crippen molar-refractivity contribution < 1.29 is 9.53 Å². The van der Waals surface area contributed by atoms with E-state index in [1.54, 1.807) is 0 Å². The first kappa shape index (κ1) is 15.9. The van der Waals surface area contributed by atoms with Gasteiger partial charge < -0.3 is 9.64 Å². The standard InChI is InChI=1S/C22H21NO2/c1-16-9-11-18(12-10-16)21-15-23(13-14-25-21)22(24)20-8-4-6-17-5-2-3-7-19(17)20/h2-12,21H,13-15H2,1H3. The lowest BCUT2D eigenvalue weighted by Gasteiger charge is -2.33. The summed E-state index contributed by atoms with van der Waals surface area (Å²) in [7, 11) is 0. The highest BCUT2D eigenvalue weighted by atomic mass is 16.5. The van der Waals surface area contributed by atoms with Crippen molar-refractivity contribution in [3.05, 3.63) is 83.4 Å². The Labute approximate surface area is 147 Å². The van der Waals surface area contributed by atoms with Crippen LogP contribution in [-0.4, -0.2) is 30.5 Å². The fraction of sp³-hybridized carbons (Fsp3) is 0.227. The van der Waals surface area contributed by atoms with Gasteiger partial charge >= 0.3 is 0 Å². The molecule has 0 spiro atoms. The van der Waals surface area contributed by atoms with Crippen molar-refractivity contribution in [1.82, 2.24) is 4.90 Å². The van der Waals surface area contributed by atoms with E-state index in [-0.39, 0.29) is 12.0 Å². The zero-order chi connectivity index (χ0) is 17.2. The van der Waals surface area contributed by atoms with Crippen LogP contribution in [-0.2, 0) is 4.74 Å². The van der Waals surface area contributed by atoms with E-state index in [9.17, 15) is 4.79 Å². The monoisotopic (exact) mass is 331 g/mol. The van der Waals surface area contributed by atoms with Gasteiger partial charge in [0.15, 0.2) is 0 Å². The van der Waals surface area contributed by atoms with Crippen molar-refractivity contribution in [2.75, 3.05) is 19.7 Å². The normalized spacial score (nSPS) is 17.6. The van der Waals surface area contributed by atoms with Crippen molar-refractivity contribution >= 4 is 16.7 Å². The van der Waals surface area contributed by atoms with Crippen LogP contribution in [0.5, 0.6) is 0 Å². The zero-order valence-electron chi connectivity index (χ0n) is 14.3. The average molecular weight is 331 g/mol. The van der Waals surface area contributed by atoms with Crippen LogP contribution in [0.1, 0.15) is 27.6 Å². The summed E-state index contributed by atoms with van der Waals surface area (Å²) in [5, 5.41) is 2.10. The fourth-order valence-corrected chi connectivity index (χ4v) is 3.40. The third kappa shape index (κ3) is 3.15. The Bertz CT molecular complexity index is 896. The number of carbonyl (C=O) groups is 1. The SMILES string of the molecule is Cc1ccc(C2CN(C(=O)c3cccc4ccccc34)CCO2)cc1. The number of ether oxygens (including phenoxy) is 1. The molecule has 126 valence electrons. The van der Waals surface area contributed by atoms with E-state index < -0.39 is 0 Å². The fourth-order valence-electron chi connectivity index (χ4n) is 3.40. The zero-order valence-corrected chi connectivity index (χ0v) is 14.3. The van der Waals surface area contributed by atoms with Gasteiger partial charge in [-0.3, -0.25) is 4.79 Å². The summed E-state index contributed by atoms with van der Waals surface area (Å²) in [6, 6.07) is 22.3. The van der Waals surface area contributed by atoms with Crippen LogP contribution in [0, 0.1) is 6.92 Å². The Kier molecular flexibility index (Phi) is 4.24. The molecule has 1 heterocycles. The predicted octanol–water partition coefficient (Wildman–Crippen LogP) is 4.36. The van der Waals surface area contributed by atoms with Crippen LogP contribution in [0.25, 0.3) is 10.8 Å². The molecule has 4 rings (SSSR count). The molecule has 0 bridgehead atoms. The molecular weight excluding hydrogens is 310 g/mol. The largest absolute Gasteiger partial charge is 0.370 e. The second-order valence-electron chi connectivity index (χ2n) is 6.55. The van der Waals surface area contributed by atoms with Gasteiger partial charge in [-0.15, -0.1) is 0 Å². The molecule has 25 heavy (non-hydrogen) atoms. The molecule has 1 atom stereocenters. The maximum atomic E-state index is 13.1. The topological polar surface area (TPSA) is 29.5 Å². The molecule has 1 amide bonds. The molecule has 0 aliphatic carbocycles. The molecular formula is C22H21NO2. The number of aryl methyl sites for hydroxylation is 1. The highest BCUT2D eigenvalue weighted by Crippen LogP contribution is 2.26. The molecule has 0 N–H and O–H groups in total. The Balaban J connectivity index is 1.60. The van der Waals surface area contributed by atoms with E-state index >= 15 is 0 Å². The summed E-state index contributed by atoms with van der Waals surface area (Å²) in [6.45, 7) is 3.85. The summed E-state index contributed by atoms with van der Waals surface area (Å²) in [5.74, 6) is 0.0808. The molecule has 3 heteroatoms. The van der Waals surface area contributed by atoms with Gasteiger partial charge in [0, 0.05) is 12.1 Å². The quantitative estimate of drug-likeness (QED) is 0.698. The third-order valence-electron chi connectivity index (χ3n) is 4.82. The number of benzene rings is 3. The molecule has 3 aromatic carbocycles. The molecule has 0 saturated carbocycles. The van der Waals surface area contributed by atoms with Gasteiger partial charge in [-0.1, -0.05) is 66.2 Å². The van der Waals surface area contributed by atoms with E-state index in [0.717, 1.165) is 21.9 Å². The van der Waals surface area contributed by atoms with Crippen LogP contribution >= 0.6 is 0 Å². The van der Waals surface area contributed by atoms with Crippen LogP contribution in [0.4, 0.5) is 0 Å². The summed E-state index contributed by atoms with van der Waals surface area (Å²) in [5.41, 5.74) is 3.12. The number of rotatable bonds is 2. The molecule has 3 aromatic rings. The molecule has 1 fully saturated rings. The van der Waals surface area contributed by atoms with Crippen molar-refractivity contribution in [1.29, 1.82) is 0 Å². The van der Waals surface area contributed by atoms with Crippen LogP contribution in [0.15, 0.2) is 66.7 Å². The van der Waals surface area contributed by atoms with Gasteiger partial charge in [0.25, 0.3) is 5.91 Å². The summed E-state index contributed by atoms with van der Waals surface area (Å²) < 4.78 is 5.91. The first-order valence-electron chi connectivity index (χ1n) is 8.67. The second-order valence-corrected chi connectivity index (χ2v) is 6.55. The number of amides is 1. The molecule has 0 aromatic heterocycles. The average Bonchev–Trinajstić information content (AvgIpc) is 2.68. The lowest BCUT2D eigenvalue weighted by atomic mass is 10.0. The van der Waals surface area contributed by atoms with E-state index in [4.69, 9.17) is 4.74 Å². The van der Waals surface area contributed by atoms with Crippen molar-refractivity contribution in [3.8, 4) is 0 Å². The predicted molar refractivity (Wildman–Crippen MR) is 99.7 cm³/mol. The summed E-state index contributed by atoms with van der Waals surface area (Å²) in [6.07, 6.45) is -0.0618. The highest BCUT2D eigenvalue weighted by Gasteiger charge is 2.26. The number of fused-ring (bicyclic) bond motifs is 1. The van der Waals surface area contributed by atoms with Crippen LogP contribution in [0.3, 0.4) is 0 Å². The molecule has 1 aliphatic heterocycles. The first-order valence-corrected chi connectivity index (χ1v) is 8.67. The summed E-state index contributed by atoms with van der Waals surface area (Å²) in [4.78, 5) is 15.0. The minimum Gasteiger partial charge on any atom is -0.370 e.